The zero-order valence-electron chi connectivity index (χ0n) is 12.2. The van der Waals surface area contributed by atoms with Crippen molar-refractivity contribution in [3.8, 4) is 5.75 Å². The van der Waals surface area contributed by atoms with Gasteiger partial charge >= 0.3 is 0 Å². The molecule has 108 valence electrons. The predicted molar refractivity (Wildman–Crippen MR) is 82.6 cm³/mol. The van der Waals surface area contributed by atoms with Gasteiger partial charge in [-0.25, -0.2) is 0 Å². The lowest BCUT2D eigenvalue weighted by Gasteiger charge is -2.28. The van der Waals surface area contributed by atoms with E-state index in [4.69, 9.17) is 4.74 Å². The van der Waals surface area contributed by atoms with Crippen LogP contribution in [0.25, 0.3) is 0 Å². The molecule has 1 aromatic rings. The molecule has 0 bridgehead atoms. The molecular formula is C15H24BrNO2. The molecule has 4 heteroatoms. The number of nitrogens with one attached hydrogen (secondary N) is 1. The van der Waals surface area contributed by atoms with Crippen molar-refractivity contribution in [2.45, 2.75) is 45.3 Å². The lowest BCUT2D eigenvalue weighted by molar-refractivity contribution is 0.0303. The van der Waals surface area contributed by atoms with E-state index in [0.29, 0.717) is 6.54 Å². The Morgan fingerprint density at radius 3 is 2.47 bits per heavy atom. The van der Waals surface area contributed by atoms with Crippen molar-refractivity contribution in [2.24, 2.45) is 0 Å². The van der Waals surface area contributed by atoms with Crippen molar-refractivity contribution in [1.29, 1.82) is 0 Å². The summed E-state index contributed by atoms with van der Waals surface area (Å²) in [5.41, 5.74) is 0.556. The Hall–Kier alpha value is -0.580. The van der Waals surface area contributed by atoms with Crippen molar-refractivity contribution in [1.82, 2.24) is 5.32 Å². The molecule has 0 aromatic heterocycles. The summed E-state index contributed by atoms with van der Waals surface area (Å²) in [7, 11) is 1.66. The summed E-state index contributed by atoms with van der Waals surface area (Å²) in [5, 5.41) is 13.7. The Morgan fingerprint density at radius 1 is 1.37 bits per heavy atom. The third-order valence-electron chi connectivity index (χ3n) is 3.73. The van der Waals surface area contributed by atoms with Crippen LogP contribution in [0.4, 0.5) is 0 Å². The second-order valence-corrected chi connectivity index (χ2v) is 5.78. The fourth-order valence-corrected chi connectivity index (χ4v) is 2.47. The third kappa shape index (κ3) is 4.48. The summed E-state index contributed by atoms with van der Waals surface area (Å²) in [6.07, 6.45) is 1.52. The van der Waals surface area contributed by atoms with Gasteiger partial charge in [-0.05, 0) is 53.4 Å². The zero-order valence-corrected chi connectivity index (χ0v) is 13.8. The summed E-state index contributed by atoms with van der Waals surface area (Å²) >= 11 is 3.49. The Balaban J connectivity index is 2.68. The highest BCUT2D eigenvalue weighted by molar-refractivity contribution is 9.10. The molecule has 0 saturated heterocycles. The van der Waals surface area contributed by atoms with Gasteiger partial charge in [0.15, 0.2) is 0 Å². The molecule has 3 nitrogen and oxygen atoms in total. The number of benzene rings is 1. The first kappa shape index (κ1) is 16.5. The molecule has 1 rings (SSSR count). The first-order valence-corrected chi connectivity index (χ1v) is 7.54. The average molecular weight is 330 g/mol. The minimum atomic E-state index is -0.613. The summed E-state index contributed by atoms with van der Waals surface area (Å²) < 4.78 is 6.17. The standard InChI is InChI=1S/C15H24BrNO2/c1-5-15(18,6-2)10-17-11(3)12-7-8-14(19-4)13(16)9-12/h7-9,11,17-18H,5-6,10H2,1-4H3. The van der Waals surface area contributed by atoms with Crippen molar-refractivity contribution >= 4 is 15.9 Å². The Morgan fingerprint density at radius 2 is 2.00 bits per heavy atom. The van der Waals surface area contributed by atoms with Gasteiger partial charge in [-0.1, -0.05) is 19.9 Å². The first-order valence-electron chi connectivity index (χ1n) is 6.75. The van der Waals surface area contributed by atoms with Crippen LogP contribution in [0.1, 0.15) is 45.2 Å². The van der Waals surface area contributed by atoms with Crippen LogP contribution in [0.15, 0.2) is 22.7 Å². The van der Waals surface area contributed by atoms with Crippen LogP contribution in [0.3, 0.4) is 0 Å². The molecule has 1 aromatic carbocycles. The quantitative estimate of drug-likeness (QED) is 0.802. The third-order valence-corrected chi connectivity index (χ3v) is 4.35. The molecule has 0 fully saturated rings. The minimum Gasteiger partial charge on any atom is -0.496 e. The number of halogens is 1. The van der Waals surface area contributed by atoms with E-state index in [1.807, 2.05) is 32.0 Å². The van der Waals surface area contributed by atoms with Crippen LogP contribution in [-0.4, -0.2) is 24.4 Å². The largest absolute Gasteiger partial charge is 0.496 e. The van der Waals surface area contributed by atoms with E-state index in [2.05, 4.69) is 28.2 Å². The lowest BCUT2D eigenvalue weighted by Crippen LogP contribution is -2.40. The fraction of sp³-hybridized carbons (Fsp3) is 0.600. The molecule has 0 aliphatic heterocycles. The van der Waals surface area contributed by atoms with Gasteiger partial charge < -0.3 is 15.2 Å². The van der Waals surface area contributed by atoms with E-state index in [0.717, 1.165) is 23.1 Å². The number of methoxy groups -OCH3 is 1. The maximum Gasteiger partial charge on any atom is 0.133 e. The van der Waals surface area contributed by atoms with Gasteiger partial charge in [0.25, 0.3) is 0 Å². The average Bonchev–Trinajstić information content (AvgIpc) is 2.44. The van der Waals surface area contributed by atoms with Crippen molar-refractivity contribution in [3.05, 3.63) is 28.2 Å². The van der Waals surface area contributed by atoms with Crippen LogP contribution in [0.5, 0.6) is 5.75 Å². The van der Waals surface area contributed by atoms with Gasteiger partial charge in [-0.2, -0.15) is 0 Å². The number of hydrogen-bond donors (Lipinski definition) is 2. The topological polar surface area (TPSA) is 41.5 Å². The second kappa shape index (κ2) is 7.27. The van der Waals surface area contributed by atoms with E-state index in [1.54, 1.807) is 7.11 Å². The Kier molecular flexibility index (Phi) is 6.30. The van der Waals surface area contributed by atoms with Gasteiger partial charge in [0.05, 0.1) is 17.2 Å². The van der Waals surface area contributed by atoms with E-state index in [1.165, 1.54) is 5.56 Å². The maximum atomic E-state index is 10.3. The molecule has 19 heavy (non-hydrogen) atoms. The summed E-state index contributed by atoms with van der Waals surface area (Å²) in [6.45, 7) is 6.73. The van der Waals surface area contributed by atoms with E-state index in [9.17, 15) is 5.11 Å². The summed E-state index contributed by atoms with van der Waals surface area (Å²) in [4.78, 5) is 0. The van der Waals surface area contributed by atoms with Crippen molar-refractivity contribution < 1.29 is 9.84 Å². The van der Waals surface area contributed by atoms with Gasteiger partial charge in [0.2, 0.25) is 0 Å². The number of aliphatic hydroxyl groups is 1. The summed E-state index contributed by atoms with van der Waals surface area (Å²) in [6, 6.07) is 6.22. The van der Waals surface area contributed by atoms with Crippen LogP contribution >= 0.6 is 15.9 Å². The van der Waals surface area contributed by atoms with Gasteiger partial charge in [0, 0.05) is 12.6 Å². The Bertz CT molecular complexity index is 405. The number of rotatable bonds is 7. The minimum absolute atomic E-state index is 0.187. The van der Waals surface area contributed by atoms with Crippen LogP contribution < -0.4 is 10.1 Å². The van der Waals surface area contributed by atoms with Gasteiger partial charge in [-0.15, -0.1) is 0 Å². The van der Waals surface area contributed by atoms with Crippen molar-refractivity contribution in [3.63, 3.8) is 0 Å². The molecular weight excluding hydrogens is 306 g/mol. The second-order valence-electron chi connectivity index (χ2n) is 4.93. The Labute approximate surface area is 124 Å². The molecule has 2 N–H and O–H groups in total. The molecule has 0 aliphatic carbocycles. The lowest BCUT2D eigenvalue weighted by atomic mass is 9.96. The number of hydrogen-bond acceptors (Lipinski definition) is 3. The van der Waals surface area contributed by atoms with E-state index >= 15 is 0 Å². The molecule has 1 atom stereocenters. The van der Waals surface area contributed by atoms with Crippen LogP contribution in [0.2, 0.25) is 0 Å². The zero-order chi connectivity index (χ0) is 14.5. The highest BCUT2D eigenvalue weighted by Gasteiger charge is 2.22. The molecule has 0 aliphatic rings. The number of ether oxygens (including phenoxy) is 1. The SMILES string of the molecule is CCC(O)(CC)CNC(C)c1ccc(OC)c(Br)c1. The van der Waals surface area contributed by atoms with Crippen LogP contribution in [0, 0.1) is 0 Å². The fourth-order valence-electron chi connectivity index (χ4n) is 1.91. The van der Waals surface area contributed by atoms with Gasteiger partial charge in [0.1, 0.15) is 5.75 Å². The highest BCUT2D eigenvalue weighted by Crippen LogP contribution is 2.28. The molecule has 0 spiro atoms. The normalized spacial score (nSPS) is 13.4. The molecule has 0 radical (unpaired) electrons. The predicted octanol–water partition coefficient (Wildman–Crippen LogP) is 3.66. The molecule has 0 heterocycles. The monoisotopic (exact) mass is 329 g/mol. The maximum absolute atomic E-state index is 10.3. The van der Waals surface area contributed by atoms with Crippen molar-refractivity contribution in [2.75, 3.05) is 13.7 Å². The van der Waals surface area contributed by atoms with Crippen LogP contribution in [-0.2, 0) is 0 Å². The van der Waals surface area contributed by atoms with Gasteiger partial charge in [-0.3, -0.25) is 0 Å². The summed E-state index contributed by atoms with van der Waals surface area (Å²) in [5.74, 6) is 0.828. The highest BCUT2D eigenvalue weighted by atomic mass is 79.9. The first-order chi connectivity index (χ1) is 8.95. The van der Waals surface area contributed by atoms with E-state index < -0.39 is 5.60 Å². The molecule has 0 amide bonds. The smallest absolute Gasteiger partial charge is 0.133 e. The van der Waals surface area contributed by atoms with E-state index in [-0.39, 0.29) is 6.04 Å². The molecule has 0 saturated carbocycles. The molecule has 1 unspecified atom stereocenters.